The van der Waals surface area contributed by atoms with Gasteiger partial charge in [0.15, 0.2) is 12.6 Å². The summed E-state index contributed by atoms with van der Waals surface area (Å²) >= 11 is 0. The number of hydrogen-bond donors (Lipinski definition) is 2. The van der Waals surface area contributed by atoms with Gasteiger partial charge in [0, 0.05) is 11.8 Å². The zero-order valence-corrected chi connectivity index (χ0v) is 23.3. The fourth-order valence-electron chi connectivity index (χ4n) is 9.90. The van der Waals surface area contributed by atoms with E-state index in [1.54, 1.807) is 0 Å². The van der Waals surface area contributed by atoms with Gasteiger partial charge < -0.3 is 29.2 Å². The SMILES string of the molecule is O[C@@H]1[C@H]2OC(C3CCC(C4CCCCC4)CC3)O[C@H]2[C@@H](O)[C@@H]2OC(C3CCC(C4CCCCC4)CC3)O[C@@H]12. The molecule has 7 aliphatic rings. The van der Waals surface area contributed by atoms with Crippen LogP contribution in [0.2, 0.25) is 0 Å². The number of hydrogen-bond acceptors (Lipinski definition) is 6. The molecule has 0 aromatic carbocycles. The van der Waals surface area contributed by atoms with E-state index < -0.39 is 36.6 Å². The van der Waals surface area contributed by atoms with E-state index in [1.807, 2.05) is 0 Å². The first-order valence-electron chi connectivity index (χ1n) is 16.6. The Balaban J connectivity index is 0.916. The molecule has 38 heavy (non-hydrogen) atoms. The van der Waals surface area contributed by atoms with Crippen molar-refractivity contribution >= 4 is 0 Å². The van der Waals surface area contributed by atoms with Gasteiger partial charge in [-0.2, -0.15) is 0 Å². The van der Waals surface area contributed by atoms with Crippen molar-refractivity contribution in [2.75, 3.05) is 0 Å². The highest BCUT2D eigenvalue weighted by atomic mass is 16.8. The Morgan fingerprint density at radius 3 is 0.895 bits per heavy atom. The third-order valence-corrected chi connectivity index (χ3v) is 12.2. The van der Waals surface area contributed by atoms with Crippen LogP contribution in [-0.4, -0.2) is 59.4 Å². The second-order valence-electron chi connectivity index (χ2n) is 14.3. The molecule has 6 nitrogen and oxygen atoms in total. The average molecular weight is 533 g/mol. The summed E-state index contributed by atoms with van der Waals surface area (Å²) in [6.07, 6.45) is 19.3. The summed E-state index contributed by atoms with van der Waals surface area (Å²) < 4.78 is 25.5. The fraction of sp³-hybridized carbons (Fsp3) is 1.00. The van der Waals surface area contributed by atoms with Gasteiger partial charge >= 0.3 is 0 Å². The highest BCUT2D eigenvalue weighted by Crippen LogP contribution is 2.48. The average Bonchev–Trinajstić information content (AvgIpc) is 3.64. The van der Waals surface area contributed by atoms with Gasteiger partial charge in [0.2, 0.25) is 0 Å². The molecule has 2 saturated heterocycles. The van der Waals surface area contributed by atoms with E-state index in [0.717, 1.165) is 49.4 Å². The molecule has 5 saturated carbocycles. The number of aliphatic hydroxyl groups excluding tert-OH is 2. The Morgan fingerprint density at radius 1 is 0.316 bits per heavy atom. The van der Waals surface area contributed by atoms with Gasteiger partial charge in [-0.15, -0.1) is 0 Å². The molecule has 6 heteroatoms. The lowest BCUT2D eigenvalue weighted by Gasteiger charge is -2.38. The normalized spacial score (nSPS) is 51.0. The molecule has 2 aliphatic heterocycles. The van der Waals surface area contributed by atoms with Crippen LogP contribution < -0.4 is 0 Å². The lowest BCUT2D eigenvalue weighted by atomic mass is 9.71. The molecular formula is C32H52O6. The molecule has 2 N–H and O–H groups in total. The summed E-state index contributed by atoms with van der Waals surface area (Å²) in [5, 5.41) is 22.6. The summed E-state index contributed by atoms with van der Waals surface area (Å²) in [6.45, 7) is 0. The summed E-state index contributed by atoms with van der Waals surface area (Å²) in [4.78, 5) is 0. The second-order valence-corrected chi connectivity index (χ2v) is 14.3. The van der Waals surface area contributed by atoms with Crippen LogP contribution in [0.5, 0.6) is 0 Å². The van der Waals surface area contributed by atoms with Crippen LogP contribution in [0.25, 0.3) is 0 Å². The largest absolute Gasteiger partial charge is 0.387 e. The van der Waals surface area contributed by atoms with E-state index >= 15 is 0 Å². The van der Waals surface area contributed by atoms with Crippen molar-refractivity contribution < 1.29 is 29.2 Å². The molecule has 0 amide bonds. The highest BCUT2D eigenvalue weighted by Gasteiger charge is 2.61. The summed E-state index contributed by atoms with van der Waals surface area (Å²) in [5.41, 5.74) is 0. The molecule has 0 aromatic rings. The number of ether oxygens (including phenoxy) is 4. The molecule has 7 rings (SSSR count). The standard InChI is InChI=1S/C32H52O6/c33-25-27-28(36-31(35-27)23-15-11-21(12-16-23)19-7-3-1-4-8-19)26(34)30-29(25)37-32(38-30)24-17-13-22(14-18-24)20-9-5-2-6-10-20/h19-34H,1-18H2/t21?,22?,23?,24?,25-,26-,27-,28-,29-,30+,31?,32?/m0/s1. The van der Waals surface area contributed by atoms with Crippen LogP contribution in [0.1, 0.15) is 116 Å². The molecule has 2 heterocycles. The first-order chi connectivity index (χ1) is 18.7. The van der Waals surface area contributed by atoms with Crippen molar-refractivity contribution in [1.29, 1.82) is 0 Å². The Kier molecular flexibility index (Phi) is 8.11. The van der Waals surface area contributed by atoms with Crippen LogP contribution in [0.3, 0.4) is 0 Å². The van der Waals surface area contributed by atoms with Crippen molar-refractivity contribution in [2.45, 2.75) is 165 Å². The smallest absolute Gasteiger partial charge is 0.161 e. The quantitative estimate of drug-likeness (QED) is 0.483. The first kappa shape index (κ1) is 26.6. The third-order valence-electron chi connectivity index (χ3n) is 12.2. The topological polar surface area (TPSA) is 77.4 Å². The van der Waals surface area contributed by atoms with Gasteiger partial charge in [0.25, 0.3) is 0 Å². The van der Waals surface area contributed by atoms with Gasteiger partial charge in [-0.1, -0.05) is 64.2 Å². The van der Waals surface area contributed by atoms with Gasteiger partial charge in [-0.3, -0.25) is 0 Å². The zero-order chi connectivity index (χ0) is 25.6. The molecule has 0 bridgehead atoms. The Morgan fingerprint density at radius 2 is 0.579 bits per heavy atom. The van der Waals surface area contributed by atoms with Gasteiger partial charge in [-0.25, -0.2) is 0 Å². The van der Waals surface area contributed by atoms with E-state index in [4.69, 9.17) is 18.9 Å². The molecule has 0 spiro atoms. The van der Waals surface area contributed by atoms with E-state index in [9.17, 15) is 10.2 Å². The maximum atomic E-state index is 11.3. The van der Waals surface area contributed by atoms with Gasteiger partial charge in [-0.05, 0) is 75.0 Å². The predicted molar refractivity (Wildman–Crippen MR) is 143 cm³/mol. The number of fused-ring (bicyclic) bond motifs is 2. The third kappa shape index (κ3) is 5.13. The fourth-order valence-corrected chi connectivity index (χ4v) is 9.90. The number of rotatable bonds is 4. The predicted octanol–water partition coefficient (Wildman–Crippen LogP) is 5.72. The summed E-state index contributed by atoms with van der Waals surface area (Å²) in [6, 6.07) is 0. The second kappa shape index (κ2) is 11.6. The zero-order valence-electron chi connectivity index (χ0n) is 23.3. The minimum Gasteiger partial charge on any atom is -0.387 e. The Bertz CT molecular complexity index is 676. The lowest BCUT2D eigenvalue weighted by molar-refractivity contribution is -0.153. The van der Waals surface area contributed by atoms with Crippen molar-refractivity contribution in [3.8, 4) is 0 Å². The van der Waals surface area contributed by atoms with E-state index in [1.165, 1.54) is 89.9 Å². The minimum atomic E-state index is -0.819. The Hall–Kier alpha value is -0.240. The lowest BCUT2D eigenvalue weighted by Crippen LogP contribution is -2.61. The van der Waals surface area contributed by atoms with E-state index in [2.05, 4.69) is 0 Å². The van der Waals surface area contributed by atoms with Crippen molar-refractivity contribution in [3.63, 3.8) is 0 Å². The Labute approximate surface area is 229 Å². The first-order valence-corrected chi connectivity index (χ1v) is 16.6. The van der Waals surface area contributed by atoms with Crippen LogP contribution in [0, 0.1) is 35.5 Å². The monoisotopic (exact) mass is 532 g/mol. The molecular weight excluding hydrogens is 480 g/mol. The highest BCUT2D eigenvalue weighted by molar-refractivity contribution is 5.06. The maximum Gasteiger partial charge on any atom is 0.161 e. The molecule has 8 atom stereocenters. The summed E-state index contributed by atoms with van der Waals surface area (Å²) in [5.74, 6) is 4.28. The number of aliphatic hydroxyl groups is 2. The maximum absolute atomic E-state index is 11.3. The van der Waals surface area contributed by atoms with E-state index in [0.29, 0.717) is 11.8 Å². The van der Waals surface area contributed by atoms with Crippen molar-refractivity contribution in [2.24, 2.45) is 35.5 Å². The molecule has 5 aliphatic carbocycles. The van der Waals surface area contributed by atoms with E-state index in [-0.39, 0.29) is 12.6 Å². The van der Waals surface area contributed by atoms with Gasteiger partial charge in [0.05, 0.1) is 0 Å². The van der Waals surface area contributed by atoms with Crippen LogP contribution >= 0.6 is 0 Å². The van der Waals surface area contributed by atoms with Gasteiger partial charge in [0.1, 0.15) is 36.6 Å². The summed E-state index contributed by atoms with van der Waals surface area (Å²) in [7, 11) is 0. The minimum absolute atomic E-state index is 0.328. The molecule has 0 aromatic heterocycles. The molecule has 7 fully saturated rings. The molecule has 2 unspecified atom stereocenters. The van der Waals surface area contributed by atoms with Crippen LogP contribution in [0.4, 0.5) is 0 Å². The van der Waals surface area contributed by atoms with Crippen LogP contribution in [0.15, 0.2) is 0 Å². The van der Waals surface area contributed by atoms with Crippen molar-refractivity contribution in [3.05, 3.63) is 0 Å². The van der Waals surface area contributed by atoms with Crippen LogP contribution in [-0.2, 0) is 18.9 Å². The molecule has 216 valence electrons. The van der Waals surface area contributed by atoms with Crippen molar-refractivity contribution in [1.82, 2.24) is 0 Å². The molecule has 0 radical (unpaired) electrons.